The lowest BCUT2D eigenvalue weighted by atomic mass is 9.43. The zero-order chi connectivity index (χ0) is 40.2. The Hall–Kier alpha value is -5.93. The van der Waals surface area contributed by atoms with Gasteiger partial charge in [-0.3, -0.25) is 0 Å². The highest BCUT2D eigenvalue weighted by Gasteiger charge is 2.62. The van der Waals surface area contributed by atoms with E-state index < -0.39 is 0 Å². The molecule has 0 atom stereocenters. The molecular formula is C58H44ClNS. The molecule has 0 unspecified atom stereocenters. The summed E-state index contributed by atoms with van der Waals surface area (Å²) in [7, 11) is 0. The molecule has 0 amide bonds. The minimum atomic E-state index is 0.0266. The predicted molar refractivity (Wildman–Crippen MR) is 259 cm³/mol. The number of benzene rings is 8. The van der Waals surface area contributed by atoms with Gasteiger partial charge in [0.05, 0.1) is 0 Å². The number of hydrogen-bond donors (Lipinski definition) is 0. The Kier molecular flexibility index (Phi) is 8.09. The molecule has 4 saturated carbocycles. The Morgan fingerprint density at radius 3 is 1.62 bits per heavy atom. The Labute approximate surface area is 366 Å². The van der Waals surface area contributed by atoms with Crippen molar-refractivity contribution in [3.63, 3.8) is 0 Å². The van der Waals surface area contributed by atoms with Crippen LogP contribution < -0.4 is 4.90 Å². The molecule has 294 valence electrons. The van der Waals surface area contributed by atoms with Gasteiger partial charge in [-0.05, 0) is 179 Å². The van der Waals surface area contributed by atoms with Gasteiger partial charge in [-0.2, -0.15) is 0 Å². The van der Waals surface area contributed by atoms with Crippen LogP contribution in [0.3, 0.4) is 0 Å². The van der Waals surface area contributed by atoms with E-state index in [1.165, 1.54) is 108 Å². The number of anilines is 3. The van der Waals surface area contributed by atoms with Gasteiger partial charge < -0.3 is 4.90 Å². The topological polar surface area (TPSA) is 3.24 Å². The summed E-state index contributed by atoms with van der Waals surface area (Å²) in [6.07, 6.45) is 6.83. The summed E-state index contributed by atoms with van der Waals surface area (Å²) < 4.78 is 2.70. The van der Waals surface area contributed by atoms with E-state index in [4.69, 9.17) is 11.6 Å². The van der Waals surface area contributed by atoms with E-state index in [0.29, 0.717) is 11.8 Å². The minimum absolute atomic E-state index is 0.0266. The second-order valence-corrected chi connectivity index (χ2v) is 19.7. The Morgan fingerprint density at radius 1 is 0.426 bits per heavy atom. The molecule has 9 aromatic rings. The molecule has 0 aliphatic heterocycles. The molecule has 3 heteroatoms. The number of nitrogens with zero attached hydrogens (tertiary/aromatic N) is 1. The summed E-state index contributed by atoms with van der Waals surface area (Å²) in [6, 6.07) is 67.5. The molecule has 61 heavy (non-hydrogen) atoms. The van der Waals surface area contributed by atoms with Crippen LogP contribution in [0.25, 0.3) is 64.7 Å². The monoisotopic (exact) mass is 821 g/mol. The van der Waals surface area contributed by atoms with Gasteiger partial charge in [-0.15, -0.1) is 11.3 Å². The molecule has 5 aliphatic carbocycles. The zero-order valence-electron chi connectivity index (χ0n) is 33.9. The van der Waals surface area contributed by atoms with Crippen molar-refractivity contribution in [1.29, 1.82) is 0 Å². The second-order valence-electron chi connectivity index (χ2n) is 18.3. The van der Waals surface area contributed by atoms with Crippen molar-refractivity contribution in [3.8, 4) is 44.5 Å². The first-order valence-corrected chi connectivity index (χ1v) is 23.3. The van der Waals surface area contributed by atoms with Crippen LogP contribution >= 0.6 is 22.9 Å². The van der Waals surface area contributed by atoms with Crippen molar-refractivity contribution in [1.82, 2.24) is 0 Å². The second kappa shape index (κ2) is 13.8. The molecule has 8 aromatic carbocycles. The van der Waals surface area contributed by atoms with E-state index >= 15 is 0 Å². The third kappa shape index (κ3) is 5.51. The highest BCUT2D eigenvalue weighted by atomic mass is 35.5. The normalized spacial score (nSPS) is 21.9. The van der Waals surface area contributed by atoms with E-state index in [1.54, 1.807) is 0 Å². The summed E-state index contributed by atoms with van der Waals surface area (Å²) in [5, 5.41) is 3.58. The SMILES string of the molecule is Clc1cc(-c2ccc(-c3ccc(N(c4ccccc4)c4ccccc4)cc3)cc2)cc2c1-c1cc(-c3ccc4sc5ccccc5c4c3)ccc1C21C2CC3CC(C2)CC1C3. The average molecular weight is 823 g/mol. The highest BCUT2D eigenvalue weighted by molar-refractivity contribution is 7.25. The van der Waals surface area contributed by atoms with Crippen molar-refractivity contribution >= 4 is 60.2 Å². The zero-order valence-corrected chi connectivity index (χ0v) is 35.5. The van der Waals surface area contributed by atoms with Crippen molar-refractivity contribution in [2.45, 2.75) is 37.5 Å². The number of thiophene rings is 1. The predicted octanol–water partition coefficient (Wildman–Crippen LogP) is 16.9. The van der Waals surface area contributed by atoms with E-state index in [-0.39, 0.29) is 5.41 Å². The highest BCUT2D eigenvalue weighted by Crippen LogP contribution is 2.70. The summed E-state index contributed by atoms with van der Waals surface area (Å²) in [6.45, 7) is 0. The number of hydrogen-bond acceptors (Lipinski definition) is 2. The van der Waals surface area contributed by atoms with Crippen LogP contribution in [0, 0.1) is 23.7 Å². The fourth-order valence-electron chi connectivity index (χ4n) is 12.8. The standard InChI is InChI=1S/C58H44ClNS/c59-54-35-43(40-17-15-38(16-18-40)39-19-23-48(24-20-39)60(46-9-3-1-4-10-46)47-11-5-2-6-12-47)34-53-57(54)51-33-41(42-22-26-56-50(32-42)49-13-7-8-14-55(49)61-56)21-25-52(51)58(53)44-28-36-27-37(30-44)31-45(58)29-36/h1-26,32-37,44-45H,27-31H2. The van der Waals surface area contributed by atoms with E-state index in [1.807, 2.05) is 11.3 Å². The van der Waals surface area contributed by atoms with Crippen LogP contribution in [0.1, 0.15) is 43.2 Å². The third-order valence-corrected chi connectivity index (χ3v) is 16.6. The Bertz CT molecular complexity index is 3080. The van der Waals surface area contributed by atoms with Gasteiger partial charge >= 0.3 is 0 Å². The van der Waals surface area contributed by atoms with Crippen LogP contribution in [-0.2, 0) is 5.41 Å². The van der Waals surface area contributed by atoms with Gasteiger partial charge in [-0.1, -0.05) is 121 Å². The maximum absolute atomic E-state index is 7.63. The number of fused-ring (bicyclic) bond motifs is 6. The van der Waals surface area contributed by atoms with Gasteiger partial charge in [0.25, 0.3) is 0 Å². The molecule has 0 radical (unpaired) electrons. The van der Waals surface area contributed by atoms with Gasteiger partial charge in [0.2, 0.25) is 0 Å². The summed E-state index contributed by atoms with van der Waals surface area (Å²) in [5.74, 6) is 3.10. The van der Waals surface area contributed by atoms with Crippen molar-refractivity contribution in [3.05, 3.63) is 198 Å². The quantitative estimate of drug-likeness (QED) is 0.161. The molecule has 4 bridgehead atoms. The van der Waals surface area contributed by atoms with Crippen LogP contribution in [0.15, 0.2) is 182 Å². The number of rotatable bonds is 6. The lowest BCUT2D eigenvalue weighted by molar-refractivity contribution is -0.0399. The smallest absolute Gasteiger partial charge is 0.0493 e. The van der Waals surface area contributed by atoms with Gasteiger partial charge in [0, 0.05) is 53.2 Å². The number of halogens is 1. The first kappa shape index (κ1) is 35.8. The van der Waals surface area contributed by atoms with Crippen molar-refractivity contribution in [2.75, 3.05) is 4.90 Å². The van der Waals surface area contributed by atoms with E-state index in [0.717, 1.165) is 33.9 Å². The summed E-state index contributed by atoms with van der Waals surface area (Å²) >= 11 is 9.52. The summed E-state index contributed by atoms with van der Waals surface area (Å²) in [5.41, 5.74) is 16.5. The average Bonchev–Trinajstić information content (AvgIpc) is 3.82. The van der Waals surface area contributed by atoms with E-state index in [2.05, 4.69) is 187 Å². The van der Waals surface area contributed by atoms with Crippen molar-refractivity contribution in [2.24, 2.45) is 23.7 Å². The first-order valence-electron chi connectivity index (χ1n) is 22.1. The molecule has 5 aliphatic rings. The molecule has 1 heterocycles. The summed E-state index contributed by atoms with van der Waals surface area (Å²) in [4.78, 5) is 2.31. The Morgan fingerprint density at radius 2 is 0.951 bits per heavy atom. The molecule has 0 saturated heterocycles. The maximum Gasteiger partial charge on any atom is 0.0493 e. The molecule has 1 aromatic heterocycles. The van der Waals surface area contributed by atoms with E-state index in [9.17, 15) is 0 Å². The van der Waals surface area contributed by atoms with Crippen LogP contribution in [0.5, 0.6) is 0 Å². The fraction of sp³-hybridized carbons (Fsp3) is 0.172. The van der Waals surface area contributed by atoms with Gasteiger partial charge in [0.1, 0.15) is 0 Å². The largest absolute Gasteiger partial charge is 0.311 e. The molecular weight excluding hydrogens is 778 g/mol. The lowest BCUT2D eigenvalue weighted by Crippen LogP contribution is -2.55. The molecule has 1 nitrogen and oxygen atoms in total. The molecule has 4 fully saturated rings. The Balaban J connectivity index is 0.878. The number of para-hydroxylation sites is 2. The van der Waals surface area contributed by atoms with Gasteiger partial charge in [-0.25, -0.2) is 0 Å². The minimum Gasteiger partial charge on any atom is -0.311 e. The van der Waals surface area contributed by atoms with Gasteiger partial charge in [0.15, 0.2) is 0 Å². The molecule has 0 N–H and O–H groups in total. The molecule has 14 rings (SSSR count). The molecule has 1 spiro atoms. The van der Waals surface area contributed by atoms with Crippen LogP contribution in [0.4, 0.5) is 17.1 Å². The first-order chi connectivity index (χ1) is 30.1. The van der Waals surface area contributed by atoms with Crippen LogP contribution in [-0.4, -0.2) is 0 Å². The third-order valence-electron chi connectivity index (χ3n) is 15.1. The maximum atomic E-state index is 7.63. The van der Waals surface area contributed by atoms with Crippen LogP contribution in [0.2, 0.25) is 5.02 Å². The lowest BCUT2D eigenvalue weighted by Gasteiger charge is -2.61. The van der Waals surface area contributed by atoms with Crippen molar-refractivity contribution < 1.29 is 0 Å². The fourth-order valence-corrected chi connectivity index (χ4v) is 14.2.